The van der Waals surface area contributed by atoms with E-state index in [2.05, 4.69) is 4.99 Å². The number of hydrogen-bond donors (Lipinski definition) is 1. The lowest BCUT2D eigenvalue weighted by atomic mass is 10.1. The second-order valence-corrected chi connectivity index (χ2v) is 4.77. The van der Waals surface area contributed by atoms with Gasteiger partial charge in [-0.25, -0.2) is 9.38 Å². The molecule has 0 saturated heterocycles. The van der Waals surface area contributed by atoms with E-state index in [9.17, 15) is 9.18 Å². The van der Waals surface area contributed by atoms with Gasteiger partial charge in [0.15, 0.2) is 11.3 Å². The summed E-state index contributed by atoms with van der Waals surface area (Å²) in [6, 6.07) is 12.7. The fourth-order valence-corrected chi connectivity index (χ4v) is 2.20. The molecule has 2 aromatic carbocycles. The normalized spacial score (nSPS) is 11.7. The van der Waals surface area contributed by atoms with E-state index < -0.39 is 11.7 Å². The molecule has 0 aliphatic heterocycles. The quantitative estimate of drug-likeness (QED) is 0.807. The number of halogens is 1. The average Bonchev–Trinajstić information content (AvgIpc) is 2.55. The van der Waals surface area contributed by atoms with Crippen molar-refractivity contribution < 1.29 is 18.3 Å². The van der Waals surface area contributed by atoms with E-state index >= 15 is 0 Å². The Kier molecular flexibility index (Phi) is 3.80. The van der Waals surface area contributed by atoms with E-state index in [0.29, 0.717) is 16.7 Å². The molecular weight excluding hydrogens is 299 g/mol. The maximum atomic E-state index is 13.8. The highest BCUT2D eigenvalue weighted by molar-refractivity contribution is 5.96. The first-order chi connectivity index (χ1) is 11.1. The van der Waals surface area contributed by atoms with Crippen LogP contribution >= 0.6 is 0 Å². The van der Waals surface area contributed by atoms with Crippen LogP contribution in [0.25, 0.3) is 11.0 Å². The minimum atomic E-state index is -0.714. The summed E-state index contributed by atoms with van der Waals surface area (Å²) in [5.41, 5.74) is 5.83. The van der Waals surface area contributed by atoms with Gasteiger partial charge in [-0.05, 0) is 24.3 Å². The zero-order valence-corrected chi connectivity index (χ0v) is 12.2. The number of carbonyl (C=O) groups is 1. The average molecular weight is 312 g/mol. The van der Waals surface area contributed by atoms with Crippen LogP contribution in [-0.4, -0.2) is 13.0 Å². The molecular formula is C17H13FN2O3. The van der Waals surface area contributed by atoms with Crippen molar-refractivity contribution in [1.82, 2.24) is 0 Å². The number of fused-ring (bicyclic) bond motifs is 1. The van der Waals surface area contributed by atoms with Crippen LogP contribution in [0.2, 0.25) is 0 Å². The number of primary amides is 1. The van der Waals surface area contributed by atoms with Gasteiger partial charge in [-0.15, -0.1) is 0 Å². The molecule has 116 valence electrons. The Morgan fingerprint density at radius 3 is 2.70 bits per heavy atom. The Hall–Kier alpha value is -3.15. The third-order valence-electron chi connectivity index (χ3n) is 3.30. The Labute approximate surface area is 130 Å². The number of para-hydroxylation sites is 2. The molecule has 0 atom stereocenters. The van der Waals surface area contributed by atoms with E-state index in [1.165, 1.54) is 19.2 Å². The number of hydrogen-bond acceptors (Lipinski definition) is 4. The van der Waals surface area contributed by atoms with Crippen LogP contribution in [-0.2, 0) is 0 Å². The number of amides is 1. The van der Waals surface area contributed by atoms with Crippen LogP contribution in [0.5, 0.6) is 5.75 Å². The summed E-state index contributed by atoms with van der Waals surface area (Å²) in [7, 11) is 1.50. The summed E-state index contributed by atoms with van der Waals surface area (Å²) >= 11 is 0. The molecule has 0 radical (unpaired) electrons. The van der Waals surface area contributed by atoms with Crippen molar-refractivity contribution in [2.24, 2.45) is 10.7 Å². The molecule has 3 rings (SSSR count). The number of nitrogens with two attached hydrogens (primary N) is 1. The lowest BCUT2D eigenvalue weighted by Gasteiger charge is -2.06. The fourth-order valence-electron chi connectivity index (χ4n) is 2.20. The van der Waals surface area contributed by atoms with E-state index in [0.717, 1.165) is 0 Å². The van der Waals surface area contributed by atoms with Crippen molar-refractivity contribution in [2.45, 2.75) is 0 Å². The number of methoxy groups -OCH3 is 1. The topological polar surface area (TPSA) is 77.8 Å². The fraction of sp³-hybridized carbons (Fsp3) is 0.0588. The second kappa shape index (κ2) is 5.92. The zero-order valence-electron chi connectivity index (χ0n) is 12.2. The van der Waals surface area contributed by atoms with Gasteiger partial charge >= 0.3 is 0 Å². The van der Waals surface area contributed by atoms with Crippen molar-refractivity contribution in [1.29, 1.82) is 0 Å². The first-order valence-corrected chi connectivity index (χ1v) is 6.80. The minimum Gasteiger partial charge on any atom is -0.493 e. The third-order valence-corrected chi connectivity index (χ3v) is 3.30. The van der Waals surface area contributed by atoms with Crippen LogP contribution in [0.4, 0.5) is 10.1 Å². The molecule has 1 amide bonds. The molecule has 23 heavy (non-hydrogen) atoms. The molecule has 0 aliphatic rings. The van der Waals surface area contributed by atoms with E-state index in [-0.39, 0.29) is 16.8 Å². The van der Waals surface area contributed by atoms with Crippen molar-refractivity contribution in [3.05, 3.63) is 65.5 Å². The van der Waals surface area contributed by atoms with E-state index in [1.807, 2.05) is 0 Å². The molecule has 1 aromatic heterocycles. The zero-order chi connectivity index (χ0) is 16.4. The first kappa shape index (κ1) is 14.8. The van der Waals surface area contributed by atoms with Crippen LogP contribution in [0.15, 0.2) is 57.9 Å². The van der Waals surface area contributed by atoms with Gasteiger partial charge < -0.3 is 14.9 Å². The highest BCUT2D eigenvalue weighted by atomic mass is 19.1. The molecule has 0 fully saturated rings. The highest BCUT2D eigenvalue weighted by Gasteiger charge is 2.12. The predicted molar refractivity (Wildman–Crippen MR) is 82.9 cm³/mol. The summed E-state index contributed by atoms with van der Waals surface area (Å²) in [5.74, 6) is -0.768. The highest BCUT2D eigenvalue weighted by Crippen LogP contribution is 2.25. The Morgan fingerprint density at radius 2 is 2.00 bits per heavy atom. The molecule has 2 N–H and O–H groups in total. The van der Waals surface area contributed by atoms with Crippen molar-refractivity contribution in [3.63, 3.8) is 0 Å². The summed E-state index contributed by atoms with van der Waals surface area (Å²) in [6.07, 6.45) is 0. The Balaban J connectivity index is 2.36. The molecule has 1 heterocycles. The molecule has 0 unspecified atom stereocenters. The monoisotopic (exact) mass is 312 g/mol. The summed E-state index contributed by atoms with van der Waals surface area (Å²) < 4.78 is 24.7. The van der Waals surface area contributed by atoms with Crippen LogP contribution in [0, 0.1) is 5.82 Å². The lowest BCUT2D eigenvalue weighted by molar-refractivity contribution is 0.0996. The van der Waals surface area contributed by atoms with Crippen LogP contribution in [0.1, 0.15) is 10.4 Å². The number of rotatable bonds is 3. The summed E-state index contributed by atoms with van der Waals surface area (Å²) in [4.78, 5) is 15.8. The Morgan fingerprint density at radius 1 is 1.22 bits per heavy atom. The molecule has 0 aliphatic carbocycles. The molecule has 0 bridgehead atoms. The first-order valence-electron chi connectivity index (χ1n) is 6.80. The van der Waals surface area contributed by atoms with Gasteiger partial charge in [0.25, 0.3) is 5.91 Å². The van der Waals surface area contributed by atoms with Gasteiger partial charge in [0.1, 0.15) is 17.1 Å². The smallest absolute Gasteiger partial charge is 0.254 e. The summed E-state index contributed by atoms with van der Waals surface area (Å²) in [6.45, 7) is 0. The molecule has 0 spiro atoms. The maximum absolute atomic E-state index is 13.8. The van der Waals surface area contributed by atoms with Gasteiger partial charge in [0.05, 0.1) is 7.11 Å². The SMILES string of the molecule is COc1cccc2cc(C(N)=O)c(=Nc3ccccc3F)oc12. The van der Waals surface area contributed by atoms with Crippen LogP contribution < -0.4 is 16.0 Å². The van der Waals surface area contributed by atoms with Gasteiger partial charge in [0.2, 0.25) is 5.55 Å². The number of benzene rings is 2. The van der Waals surface area contributed by atoms with Gasteiger partial charge in [-0.3, -0.25) is 4.79 Å². The third kappa shape index (κ3) is 2.78. The lowest BCUT2D eigenvalue weighted by Crippen LogP contribution is -2.21. The molecule has 0 saturated carbocycles. The maximum Gasteiger partial charge on any atom is 0.254 e. The summed E-state index contributed by atoms with van der Waals surface area (Å²) in [5, 5.41) is 0.630. The van der Waals surface area contributed by atoms with Crippen molar-refractivity contribution >= 4 is 22.6 Å². The largest absolute Gasteiger partial charge is 0.493 e. The second-order valence-electron chi connectivity index (χ2n) is 4.77. The van der Waals surface area contributed by atoms with E-state index in [1.54, 1.807) is 36.4 Å². The van der Waals surface area contributed by atoms with Gasteiger partial charge in [0, 0.05) is 5.39 Å². The minimum absolute atomic E-state index is 0.0491. The standard InChI is InChI=1S/C17H13FN2O3/c1-22-14-8-4-5-10-9-11(16(19)21)17(23-15(10)14)20-13-7-3-2-6-12(13)18/h2-9H,1H3,(H2,19,21). The van der Waals surface area contributed by atoms with Crippen molar-refractivity contribution in [2.75, 3.05) is 7.11 Å². The predicted octanol–water partition coefficient (Wildman–Crippen LogP) is 2.91. The van der Waals surface area contributed by atoms with Crippen LogP contribution in [0.3, 0.4) is 0 Å². The number of ether oxygens (including phenoxy) is 1. The van der Waals surface area contributed by atoms with Gasteiger partial charge in [-0.2, -0.15) is 0 Å². The van der Waals surface area contributed by atoms with Crippen molar-refractivity contribution in [3.8, 4) is 5.75 Å². The Bertz CT molecular complexity index is 963. The number of nitrogens with zero attached hydrogens (tertiary/aromatic N) is 1. The molecule has 5 nitrogen and oxygen atoms in total. The molecule has 3 aromatic rings. The number of carbonyl (C=O) groups excluding carboxylic acids is 1. The van der Waals surface area contributed by atoms with E-state index in [4.69, 9.17) is 14.9 Å². The van der Waals surface area contributed by atoms with Gasteiger partial charge in [-0.1, -0.05) is 24.3 Å². The molecule has 6 heteroatoms.